The monoisotopic (exact) mass is 580 g/mol. The second-order valence-corrected chi connectivity index (χ2v) is 13.2. The molecule has 0 saturated heterocycles. The van der Waals surface area contributed by atoms with E-state index in [2.05, 4.69) is 18.7 Å². The lowest BCUT2D eigenvalue weighted by Crippen LogP contribution is -2.27. The first kappa shape index (κ1) is 40.4. The molecule has 0 bridgehead atoms. The van der Waals surface area contributed by atoms with E-state index in [4.69, 9.17) is 5.11 Å². The van der Waals surface area contributed by atoms with Crippen molar-refractivity contribution in [2.24, 2.45) is 0 Å². The highest BCUT2D eigenvalue weighted by atomic mass is 16.4. The van der Waals surface area contributed by atoms with Crippen LogP contribution < -0.4 is 0 Å². The van der Waals surface area contributed by atoms with Gasteiger partial charge in [-0.25, -0.2) is 0 Å². The molecule has 246 valence electrons. The van der Waals surface area contributed by atoms with Crippen molar-refractivity contribution in [3.63, 3.8) is 0 Å². The van der Waals surface area contributed by atoms with Gasteiger partial charge in [-0.15, -0.1) is 0 Å². The fourth-order valence-corrected chi connectivity index (χ4v) is 6.20. The van der Waals surface area contributed by atoms with Crippen LogP contribution in [0.2, 0.25) is 0 Å². The summed E-state index contributed by atoms with van der Waals surface area (Å²) in [6.45, 7) is 7.88. The van der Waals surface area contributed by atoms with Crippen molar-refractivity contribution in [1.82, 2.24) is 4.90 Å². The van der Waals surface area contributed by atoms with E-state index in [-0.39, 0.29) is 0 Å². The van der Waals surface area contributed by atoms with E-state index in [0.717, 1.165) is 26.1 Å². The molecular weight excluding hydrogens is 502 g/mol. The predicted molar refractivity (Wildman–Crippen MR) is 183 cm³/mol. The highest BCUT2D eigenvalue weighted by molar-refractivity contribution is 5.66. The Hall–Kier alpha value is -0.570. The molecule has 0 unspecified atom stereocenters. The lowest BCUT2D eigenvalue weighted by atomic mass is 10.0. The van der Waals surface area contributed by atoms with Crippen LogP contribution in [0.15, 0.2) is 0 Å². The van der Waals surface area contributed by atoms with Crippen LogP contribution in [0.4, 0.5) is 0 Å². The Morgan fingerprint density at radius 2 is 0.585 bits per heavy atom. The molecule has 0 aromatic heterocycles. The molecule has 0 aliphatic carbocycles. The molecule has 0 aliphatic rings. The third kappa shape index (κ3) is 35.5. The van der Waals surface area contributed by atoms with Crippen LogP contribution in [-0.2, 0) is 4.79 Å². The van der Waals surface area contributed by atoms with Gasteiger partial charge in [-0.1, -0.05) is 194 Å². The van der Waals surface area contributed by atoms with E-state index >= 15 is 0 Å². The molecule has 1 N–H and O–H groups in total. The summed E-state index contributed by atoms with van der Waals surface area (Å²) in [7, 11) is 0. The van der Waals surface area contributed by atoms with Gasteiger partial charge in [0.2, 0.25) is 0 Å². The highest BCUT2D eigenvalue weighted by Crippen LogP contribution is 2.15. The maximum absolute atomic E-state index is 11.0. The highest BCUT2D eigenvalue weighted by Gasteiger charge is 2.06. The number of unbranched alkanes of at least 4 members (excludes halogenated alkanes) is 28. The van der Waals surface area contributed by atoms with Gasteiger partial charge < -0.3 is 10.0 Å². The largest absolute Gasteiger partial charge is 0.481 e. The Bertz CT molecular complexity index is 461. The van der Waals surface area contributed by atoms with Gasteiger partial charge in [0.1, 0.15) is 0 Å². The van der Waals surface area contributed by atoms with Crippen molar-refractivity contribution in [1.29, 1.82) is 0 Å². The summed E-state index contributed by atoms with van der Waals surface area (Å²) in [6, 6.07) is 0. The van der Waals surface area contributed by atoms with E-state index in [1.54, 1.807) is 0 Å². The van der Waals surface area contributed by atoms with Gasteiger partial charge in [0.15, 0.2) is 0 Å². The Balaban J connectivity index is 3.63. The van der Waals surface area contributed by atoms with E-state index in [1.807, 2.05) is 0 Å². The summed E-state index contributed by atoms with van der Waals surface area (Å²) in [4.78, 5) is 13.5. The van der Waals surface area contributed by atoms with Crippen LogP contribution >= 0.6 is 0 Å². The minimum Gasteiger partial charge on any atom is -0.481 e. The summed E-state index contributed by atoms with van der Waals surface area (Å²) < 4.78 is 0. The number of aliphatic carboxylic acids is 1. The molecular formula is C38H77NO2. The van der Waals surface area contributed by atoms with Crippen molar-refractivity contribution in [3.8, 4) is 0 Å². The van der Waals surface area contributed by atoms with E-state index in [9.17, 15) is 4.79 Å². The zero-order valence-corrected chi connectivity index (χ0v) is 28.6. The molecule has 0 heterocycles. The number of carboxylic acid groups (broad SMARTS) is 1. The molecule has 0 radical (unpaired) electrons. The van der Waals surface area contributed by atoms with E-state index < -0.39 is 5.97 Å². The van der Waals surface area contributed by atoms with Crippen molar-refractivity contribution in [2.45, 2.75) is 219 Å². The molecule has 41 heavy (non-hydrogen) atoms. The number of nitrogens with zero attached hydrogens (tertiary/aromatic N) is 1. The van der Waals surface area contributed by atoms with Crippen molar-refractivity contribution < 1.29 is 9.90 Å². The van der Waals surface area contributed by atoms with Crippen molar-refractivity contribution >= 4 is 5.97 Å². The second-order valence-electron chi connectivity index (χ2n) is 13.2. The van der Waals surface area contributed by atoms with Crippen molar-refractivity contribution in [3.05, 3.63) is 0 Å². The zero-order chi connectivity index (χ0) is 29.9. The summed E-state index contributed by atoms with van der Waals surface area (Å²) in [5.41, 5.74) is 0. The molecule has 0 amide bonds. The molecule has 0 aromatic rings. The third-order valence-electron chi connectivity index (χ3n) is 9.02. The molecule has 0 aromatic carbocycles. The Kier molecular flexibility index (Phi) is 35.1. The standard InChI is InChI=1S/C38H77NO2/c1-3-5-7-9-11-13-15-17-19-21-23-25-27-29-31-35-39(37-33-34-38(40)41)36-32-30-28-26-24-22-20-18-16-14-12-10-8-6-4-2/h3-37H2,1-2H3,(H,40,41). The van der Waals surface area contributed by atoms with Gasteiger partial charge in [0.05, 0.1) is 0 Å². The zero-order valence-electron chi connectivity index (χ0n) is 28.6. The number of carboxylic acids is 1. The maximum Gasteiger partial charge on any atom is 0.303 e. The lowest BCUT2D eigenvalue weighted by molar-refractivity contribution is -0.137. The van der Waals surface area contributed by atoms with Crippen LogP contribution in [0.5, 0.6) is 0 Å². The molecule has 3 heteroatoms. The van der Waals surface area contributed by atoms with Gasteiger partial charge in [-0.2, -0.15) is 0 Å². The molecule has 0 atom stereocenters. The van der Waals surface area contributed by atoms with Crippen LogP contribution in [0.25, 0.3) is 0 Å². The Labute approximate surface area is 259 Å². The van der Waals surface area contributed by atoms with Gasteiger partial charge in [-0.3, -0.25) is 4.79 Å². The van der Waals surface area contributed by atoms with Crippen LogP contribution in [-0.4, -0.2) is 35.6 Å². The molecule has 0 spiro atoms. The lowest BCUT2D eigenvalue weighted by Gasteiger charge is -2.22. The topological polar surface area (TPSA) is 40.5 Å². The third-order valence-corrected chi connectivity index (χ3v) is 9.02. The second kappa shape index (κ2) is 35.6. The fourth-order valence-electron chi connectivity index (χ4n) is 6.20. The molecule has 0 aliphatic heterocycles. The molecule has 3 nitrogen and oxygen atoms in total. The quantitative estimate of drug-likeness (QED) is 0.0750. The van der Waals surface area contributed by atoms with Crippen LogP contribution in [0.3, 0.4) is 0 Å². The van der Waals surface area contributed by atoms with Crippen molar-refractivity contribution in [2.75, 3.05) is 19.6 Å². The van der Waals surface area contributed by atoms with Gasteiger partial charge in [0.25, 0.3) is 0 Å². The molecule has 0 saturated carbocycles. The first-order valence-corrected chi connectivity index (χ1v) is 19.1. The summed E-state index contributed by atoms with van der Waals surface area (Å²) in [6.07, 6.45) is 43.4. The summed E-state index contributed by atoms with van der Waals surface area (Å²) in [5, 5.41) is 9.04. The van der Waals surface area contributed by atoms with Gasteiger partial charge >= 0.3 is 5.97 Å². The number of hydrogen-bond donors (Lipinski definition) is 1. The Morgan fingerprint density at radius 1 is 0.366 bits per heavy atom. The normalized spacial score (nSPS) is 11.6. The average Bonchev–Trinajstić information content (AvgIpc) is 2.96. The van der Waals surface area contributed by atoms with Crippen LogP contribution in [0.1, 0.15) is 219 Å². The number of hydrogen-bond acceptors (Lipinski definition) is 2. The minimum atomic E-state index is -0.649. The van der Waals surface area contributed by atoms with E-state index in [1.165, 1.54) is 193 Å². The smallest absolute Gasteiger partial charge is 0.303 e. The predicted octanol–water partition coefficient (Wildman–Crippen LogP) is 12.9. The van der Waals surface area contributed by atoms with Gasteiger partial charge in [0, 0.05) is 6.42 Å². The minimum absolute atomic E-state index is 0.314. The maximum atomic E-state index is 11.0. The molecule has 0 fully saturated rings. The number of rotatable bonds is 36. The van der Waals surface area contributed by atoms with Gasteiger partial charge in [-0.05, 0) is 38.9 Å². The fraction of sp³-hybridized carbons (Fsp3) is 0.974. The first-order chi connectivity index (χ1) is 20.2. The average molecular weight is 580 g/mol. The summed E-state index contributed by atoms with van der Waals surface area (Å²) in [5.74, 6) is -0.649. The summed E-state index contributed by atoms with van der Waals surface area (Å²) >= 11 is 0. The Morgan fingerprint density at radius 3 is 0.829 bits per heavy atom. The SMILES string of the molecule is CCCCCCCCCCCCCCCCCN(CCCCCCCCCCCCCCCCC)CCCC(=O)O. The first-order valence-electron chi connectivity index (χ1n) is 19.1. The van der Waals surface area contributed by atoms with Crippen LogP contribution in [0, 0.1) is 0 Å². The van der Waals surface area contributed by atoms with E-state index in [0.29, 0.717) is 6.42 Å². The number of carbonyl (C=O) groups is 1. The molecule has 0 rings (SSSR count).